The molecule has 9 heteroatoms. The summed E-state index contributed by atoms with van der Waals surface area (Å²) in [5.74, 6) is 1.51. The molecule has 2 aromatic heterocycles. The van der Waals surface area contributed by atoms with Crippen molar-refractivity contribution in [1.82, 2.24) is 19.7 Å². The highest BCUT2D eigenvalue weighted by atomic mass is 19.1. The van der Waals surface area contributed by atoms with Crippen LogP contribution in [0.5, 0.6) is 5.75 Å². The molecule has 8 nitrogen and oxygen atoms in total. The molecule has 2 aromatic carbocycles. The van der Waals surface area contributed by atoms with Gasteiger partial charge in [0.25, 0.3) is 0 Å². The average molecular weight is 406 g/mol. The van der Waals surface area contributed by atoms with Crippen LogP contribution in [0.1, 0.15) is 0 Å². The first kappa shape index (κ1) is 18.3. The zero-order valence-electron chi connectivity index (χ0n) is 16.0. The third-order valence-electron chi connectivity index (χ3n) is 4.86. The molecular formula is C21H19FN6O2. The number of para-hydroxylation sites is 2. The summed E-state index contributed by atoms with van der Waals surface area (Å²) in [6, 6.07) is 13.8. The van der Waals surface area contributed by atoms with Gasteiger partial charge in [0.15, 0.2) is 5.65 Å². The predicted octanol–water partition coefficient (Wildman–Crippen LogP) is 2.89. The Labute approximate surface area is 171 Å². The number of hydrogen-bond acceptors (Lipinski definition) is 7. The third-order valence-corrected chi connectivity index (χ3v) is 4.86. The number of nitrogens with zero attached hydrogens (tertiary/aromatic N) is 5. The molecule has 4 aromatic rings. The topological polar surface area (TPSA) is 88.3 Å². The van der Waals surface area contributed by atoms with Crippen molar-refractivity contribution < 1.29 is 14.2 Å². The summed E-state index contributed by atoms with van der Waals surface area (Å²) in [6.45, 7) is 1.40. The number of hydrogen-bond donors (Lipinski definition) is 2. The zero-order chi connectivity index (χ0) is 20.5. The van der Waals surface area contributed by atoms with Gasteiger partial charge in [-0.05, 0) is 36.4 Å². The van der Waals surface area contributed by atoms with Crippen LogP contribution in [-0.2, 0) is 0 Å². The van der Waals surface area contributed by atoms with E-state index in [0.29, 0.717) is 48.2 Å². The second-order valence-corrected chi connectivity index (χ2v) is 6.76. The highest BCUT2D eigenvalue weighted by Crippen LogP contribution is 2.36. The molecule has 0 fully saturated rings. The summed E-state index contributed by atoms with van der Waals surface area (Å²) in [5.41, 5.74) is 2.15. The second-order valence-electron chi connectivity index (χ2n) is 6.76. The van der Waals surface area contributed by atoms with Gasteiger partial charge in [0.1, 0.15) is 24.0 Å². The minimum Gasteiger partial charge on any atom is -0.490 e. The van der Waals surface area contributed by atoms with Gasteiger partial charge >= 0.3 is 0 Å². The Hall–Kier alpha value is -3.72. The molecule has 152 valence electrons. The normalized spacial score (nSPS) is 13.2. The van der Waals surface area contributed by atoms with E-state index in [1.54, 1.807) is 23.0 Å². The number of aromatic nitrogens is 4. The van der Waals surface area contributed by atoms with E-state index >= 15 is 0 Å². The molecule has 0 radical (unpaired) electrons. The predicted molar refractivity (Wildman–Crippen MR) is 111 cm³/mol. The van der Waals surface area contributed by atoms with E-state index in [1.807, 2.05) is 29.2 Å². The monoisotopic (exact) mass is 406 g/mol. The van der Waals surface area contributed by atoms with Crippen molar-refractivity contribution in [2.24, 2.45) is 0 Å². The largest absolute Gasteiger partial charge is 0.490 e. The van der Waals surface area contributed by atoms with E-state index in [4.69, 9.17) is 14.7 Å². The summed E-state index contributed by atoms with van der Waals surface area (Å²) in [7, 11) is 0. The zero-order valence-corrected chi connectivity index (χ0v) is 16.0. The van der Waals surface area contributed by atoms with Gasteiger partial charge in [0.05, 0.1) is 36.1 Å². The fourth-order valence-corrected chi connectivity index (χ4v) is 3.47. The van der Waals surface area contributed by atoms with Crippen LogP contribution in [-0.4, -0.2) is 51.2 Å². The maximum Gasteiger partial charge on any atom is 0.234 e. The molecule has 2 N–H and O–H groups in total. The Balaban J connectivity index is 1.67. The Morgan fingerprint density at radius 2 is 1.93 bits per heavy atom. The minimum absolute atomic E-state index is 0.0344. The van der Waals surface area contributed by atoms with E-state index in [2.05, 4.69) is 10.4 Å². The number of fused-ring (bicyclic) bond motifs is 2. The van der Waals surface area contributed by atoms with Crippen molar-refractivity contribution in [3.05, 3.63) is 60.5 Å². The molecule has 0 amide bonds. The summed E-state index contributed by atoms with van der Waals surface area (Å²) < 4.78 is 20.8. The van der Waals surface area contributed by atoms with Gasteiger partial charge in [-0.2, -0.15) is 15.1 Å². The molecular weight excluding hydrogens is 387 g/mol. The molecule has 5 rings (SSSR count). The second kappa shape index (κ2) is 7.60. The molecule has 1 aliphatic rings. The fraction of sp³-hybridized carbons (Fsp3) is 0.190. The van der Waals surface area contributed by atoms with Crippen LogP contribution in [0, 0.1) is 5.82 Å². The number of benzene rings is 2. The lowest BCUT2D eigenvalue weighted by Crippen LogP contribution is -2.30. The Bertz CT molecular complexity index is 1190. The number of aliphatic hydroxyl groups is 1. The van der Waals surface area contributed by atoms with Gasteiger partial charge in [-0.15, -0.1) is 0 Å². The standard InChI is InChI=1S/C21H19FN6O2/c22-14-5-7-15(8-6-14)28-20-16(13-24-28)19(23-9-11-29)25-21(26-20)27-10-12-30-18-4-2-1-3-17(18)27/h1-8,13,29H,9-12H2,(H,23,25,26). The SMILES string of the molecule is OCCNc1nc(N2CCOc3ccccc32)nc2c1cnn2-c1ccc(F)cc1. The number of halogens is 1. The number of anilines is 3. The first-order valence-corrected chi connectivity index (χ1v) is 9.60. The van der Waals surface area contributed by atoms with Crippen molar-refractivity contribution in [2.45, 2.75) is 0 Å². The highest BCUT2D eigenvalue weighted by molar-refractivity contribution is 5.89. The van der Waals surface area contributed by atoms with Gasteiger partial charge in [-0.1, -0.05) is 12.1 Å². The maximum absolute atomic E-state index is 13.4. The third kappa shape index (κ3) is 3.18. The van der Waals surface area contributed by atoms with E-state index in [0.717, 1.165) is 11.4 Å². The first-order valence-electron chi connectivity index (χ1n) is 9.60. The van der Waals surface area contributed by atoms with Gasteiger partial charge in [-0.3, -0.25) is 0 Å². The van der Waals surface area contributed by atoms with E-state index in [1.165, 1.54) is 12.1 Å². The van der Waals surface area contributed by atoms with Gasteiger partial charge in [0.2, 0.25) is 5.95 Å². The molecule has 0 bridgehead atoms. The molecule has 30 heavy (non-hydrogen) atoms. The Kier molecular flexibility index (Phi) is 4.64. The van der Waals surface area contributed by atoms with Crippen LogP contribution in [0.3, 0.4) is 0 Å². The van der Waals surface area contributed by atoms with E-state index < -0.39 is 0 Å². The van der Waals surface area contributed by atoms with Crippen LogP contribution < -0.4 is 15.0 Å². The molecule has 0 saturated heterocycles. The van der Waals surface area contributed by atoms with Crippen LogP contribution in [0.2, 0.25) is 0 Å². The van der Waals surface area contributed by atoms with Crippen LogP contribution >= 0.6 is 0 Å². The van der Waals surface area contributed by atoms with Crippen LogP contribution in [0.25, 0.3) is 16.7 Å². The van der Waals surface area contributed by atoms with Crippen molar-refractivity contribution >= 4 is 28.5 Å². The summed E-state index contributed by atoms with van der Waals surface area (Å²) in [6.07, 6.45) is 1.66. The van der Waals surface area contributed by atoms with Crippen molar-refractivity contribution in [2.75, 3.05) is 36.5 Å². The molecule has 3 heterocycles. The number of aliphatic hydroxyl groups excluding tert-OH is 1. The highest BCUT2D eigenvalue weighted by Gasteiger charge is 2.23. The fourth-order valence-electron chi connectivity index (χ4n) is 3.47. The lowest BCUT2D eigenvalue weighted by Gasteiger charge is -2.29. The van der Waals surface area contributed by atoms with Crippen molar-refractivity contribution in [3.63, 3.8) is 0 Å². The molecule has 0 aliphatic carbocycles. The summed E-state index contributed by atoms with van der Waals surface area (Å²) >= 11 is 0. The van der Waals surface area contributed by atoms with E-state index in [-0.39, 0.29) is 12.4 Å². The molecule has 1 aliphatic heterocycles. The van der Waals surface area contributed by atoms with E-state index in [9.17, 15) is 9.50 Å². The van der Waals surface area contributed by atoms with Crippen molar-refractivity contribution in [3.8, 4) is 11.4 Å². The number of ether oxygens (including phenoxy) is 1. The summed E-state index contributed by atoms with van der Waals surface area (Å²) in [5, 5.41) is 17.6. The molecule has 0 unspecified atom stereocenters. The lowest BCUT2D eigenvalue weighted by atomic mass is 10.2. The van der Waals surface area contributed by atoms with Crippen LogP contribution in [0.15, 0.2) is 54.7 Å². The Morgan fingerprint density at radius 1 is 1.10 bits per heavy atom. The van der Waals surface area contributed by atoms with Gasteiger partial charge in [0, 0.05) is 6.54 Å². The lowest BCUT2D eigenvalue weighted by molar-refractivity contribution is 0.311. The quantitative estimate of drug-likeness (QED) is 0.527. The molecule has 0 saturated carbocycles. The summed E-state index contributed by atoms with van der Waals surface area (Å²) in [4.78, 5) is 11.5. The number of rotatable bonds is 5. The average Bonchev–Trinajstić information content (AvgIpc) is 3.21. The molecule has 0 spiro atoms. The molecule has 0 atom stereocenters. The van der Waals surface area contributed by atoms with Gasteiger partial charge < -0.3 is 20.1 Å². The smallest absolute Gasteiger partial charge is 0.234 e. The van der Waals surface area contributed by atoms with Crippen LogP contribution in [0.4, 0.5) is 21.8 Å². The van der Waals surface area contributed by atoms with Gasteiger partial charge in [-0.25, -0.2) is 9.07 Å². The van der Waals surface area contributed by atoms with Crippen molar-refractivity contribution in [1.29, 1.82) is 0 Å². The number of nitrogens with one attached hydrogen (secondary N) is 1. The maximum atomic E-state index is 13.4. The first-order chi connectivity index (χ1) is 14.7. The Morgan fingerprint density at radius 3 is 2.77 bits per heavy atom. The minimum atomic E-state index is -0.319.